The molecule has 1 N–H and O–H groups in total. The van der Waals surface area contributed by atoms with E-state index in [4.69, 9.17) is 9.26 Å². The smallest absolute Gasteiger partial charge is 0.342 e. The van der Waals surface area contributed by atoms with Crippen molar-refractivity contribution in [2.45, 2.75) is 6.61 Å². The van der Waals surface area contributed by atoms with Crippen LogP contribution >= 0.6 is 0 Å². The Morgan fingerprint density at radius 1 is 1.29 bits per heavy atom. The van der Waals surface area contributed by atoms with Gasteiger partial charge < -0.3 is 14.4 Å². The highest BCUT2D eigenvalue weighted by Crippen LogP contribution is 2.23. The molecule has 0 aliphatic rings. The van der Waals surface area contributed by atoms with E-state index in [1.807, 2.05) is 30.3 Å². The van der Waals surface area contributed by atoms with E-state index in [0.717, 1.165) is 0 Å². The number of carboxylic acid groups (broad SMARTS) is 1. The lowest BCUT2D eigenvalue weighted by atomic mass is 10.3. The summed E-state index contributed by atoms with van der Waals surface area (Å²) in [4.78, 5) is 11.3. The minimum Gasteiger partial charge on any atom is -0.477 e. The lowest BCUT2D eigenvalue weighted by Crippen LogP contribution is -2.06. The van der Waals surface area contributed by atoms with Crippen molar-refractivity contribution < 1.29 is 19.2 Å². The van der Waals surface area contributed by atoms with E-state index >= 15 is 0 Å². The van der Waals surface area contributed by atoms with Crippen LogP contribution < -0.4 is 4.74 Å². The van der Waals surface area contributed by atoms with Crippen molar-refractivity contribution in [3.05, 3.63) is 60.1 Å². The summed E-state index contributed by atoms with van der Waals surface area (Å²) in [5, 5.41) is 16.9. The van der Waals surface area contributed by atoms with E-state index in [9.17, 15) is 9.90 Å². The molecule has 0 unspecified atom stereocenters. The van der Waals surface area contributed by atoms with Gasteiger partial charge in [0, 0.05) is 5.56 Å². The quantitative estimate of drug-likeness (QED) is 0.772. The van der Waals surface area contributed by atoms with Crippen LogP contribution in [0.5, 0.6) is 5.88 Å². The van der Waals surface area contributed by atoms with Crippen LogP contribution in [0.25, 0.3) is 5.69 Å². The van der Waals surface area contributed by atoms with Gasteiger partial charge in [0.1, 0.15) is 18.4 Å². The molecule has 0 saturated heterocycles. The third kappa shape index (κ3) is 2.62. The summed E-state index contributed by atoms with van der Waals surface area (Å²) in [5.74, 6) is -0.938. The molecule has 2 heterocycles. The molecular weight excluding hydrogens is 274 g/mol. The van der Waals surface area contributed by atoms with E-state index in [0.29, 0.717) is 11.3 Å². The molecule has 1 aromatic carbocycles. The predicted octanol–water partition coefficient (Wildman–Crippen LogP) is 2.14. The van der Waals surface area contributed by atoms with Gasteiger partial charge >= 0.3 is 5.97 Å². The van der Waals surface area contributed by atoms with Crippen molar-refractivity contribution >= 4 is 5.97 Å². The third-order valence-corrected chi connectivity index (χ3v) is 2.82. The van der Waals surface area contributed by atoms with E-state index in [2.05, 4.69) is 10.3 Å². The fourth-order valence-electron chi connectivity index (χ4n) is 1.83. The largest absolute Gasteiger partial charge is 0.477 e. The van der Waals surface area contributed by atoms with Gasteiger partial charge in [0.05, 0.1) is 18.1 Å². The number of ether oxygens (including phenoxy) is 1. The van der Waals surface area contributed by atoms with Crippen molar-refractivity contribution in [3.8, 4) is 11.6 Å². The van der Waals surface area contributed by atoms with Gasteiger partial charge in [-0.25, -0.2) is 9.48 Å². The van der Waals surface area contributed by atoms with Gasteiger partial charge in [-0.05, 0) is 12.1 Å². The Morgan fingerprint density at radius 2 is 2.10 bits per heavy atom. The maximum Gasteiger partial charge on any atom is 0.342 e. The second kappa shape index (κ2) is 5.49. The predicted molar refractivity (Wildman–Crippen MR) is 71.4 cm³/mol. The van der Waals surface area contributed by atoms with E-state index in [1.54, 1.807) is 0 Å². The number of nitrogens with zero attached hydrogens (tertiary/aromatic N) is 3. The second-order valence-electron chi connectivity index (χ2n) is 4.24. The van der Waals surface area contributed by atoms with Crippen molar-refractivity contribution in [2.24, 2.45) is 0 Å². The first-order chi connectivity index (χ1) is 10.3. The lowest BCUT2D eigenvalue weighted by molar-refractivity contribution is 0.0691. The number of carbonyl (C=O) groups is 1. The number of aromatic carboxylic acids is 1. The monoisotopic (exact) mass is 285 g/mol. The molecule has 106 valence electrons. The van der Waals surface area contributed by atoms with Crippen molar-refractivity contribution in [1.29, 1.82) is 0 Å². The maximum atomic E-state index is 11.3. The Balaban J connectivity index is 1.95. The molecule has 3 rings (SSSR count). The first-order valence-electron chi connectivity index (χ1n) is 6.13. The Kier molecular flexibility index (Phi) is 3.38. The summed E-state index contributed by atoms with van der Waals surface area (Å²) in [6.07, 6.45) is 4.20. The number of para-hydroxylation sites is 1. The number of carboxylic acids is 1. The fourth-order valence-corrected chi connectivity index (χ4v) is 1.83. The summed E-state index contributed by atoms with van der Waals surface area (Å²) in [6.45, 7) is 0.141. The molecular formula is C14H11N3O4. The number of benzene rings is 1. The average molecular weight is 285 g/mol. The number of rotatable bonds is 5. The molecule has 0 atom stereocenters. The standard InChI is InChI=1S/C14H11N3O4/c18-14(19)12-7-15-17(11-4-2-1-3-5-11)13(12)20-8-10-6-16-21-9-10/h1-7,9H,8H2,(H,18,19). The average Bonchev–Trinajstić information content (AvgIpc) is 3.15. The molecule has 0 radical (unpaired) electrons. The van der Waals surface area contributed by atoms with Gasteiger partial charge in [0.2, 0.25) is 5.88 Å². The minimum atomic E-state index is -1.10. The van der Waals surface area contributed by atoms with Crippen molar-refractivity contribution in [2.75, 3.05) is 0 Å². The molecule has 3 aromatic rings. The molecule has 0 amide bonds. The molecule has 0 bridgehead atoms. The Hall–Kier alpha value is -3.09. The molecule has 0 aliphatic carbocycles. The SMILES string of the molecule is O=C(O)c1cnn(-c2ccccc2)c1OCc1cnoc1. The van der Waals surface area contributed by atoms with Crippen LogP contribution in [0.1, 0.15) is 15.9 Å². The number of aromatic nitrogens is 3. The molecule has 2 aromatic heterocycles. The zero-order valence-electron chi connectivity index (χ0n) is 10.8. The summed E-state index contributed by atoms with van der Waals surface area (Å²) < 4.78 is 11.7. The van der Waals surface area contributed by atoms with Crippen LogP contribution in [0.15, 0.2) is 53.5 Å². The first-order valence-corrected chi connectivity index (χ1v) is 6.13. The van der Waals surface area contributed by atoms with E-state index in [-0.39, 0.29) is 18.1 Å². The molecule has 7 heteroatoms. The number of hydrogen-bond acceptors (Lipinski definition) is 5. The first kappa shape index (κ1) is 12.9. The highest BCUT2D eigenvalue weighted by molar-refractivity contribution is 5.90. The molecule has 0 fully saturated rings. The van der Waals surface area contributed by atoms with E-state index < -0.39 is 5.97 Å². The van der Waals surface area contributed by atoms with Crippen LogP contribution in [-0.4, -0.2) is 26.0 Å². The molecule has 0 saturated carbocycles. The maximum absolute atomic E-state index is 11.3. The summed E-state index contributed by atoms with van der Waals surface area (Å²) in [6, 6.07) is 9.15. The molecule has 21 heavy (non-hydrogen) atoms. The number of hydrogen-bond donors (Lipinski definition) is 1. The Bertz CT molecular complexity index is 735. The highest BCUT2D eigenvalue weighted by Gasteiger charge is 2.19. The fraction of sp³-hybridized carbons (Fsp3) is 0.0714. The lowest BCUT2D eigenvalue weighted by Gasteiger charge is -2.09. The summed E-state index contributed by atoms with van der Waals surface area (Å²) in [7, 11) is 0. The van der Waals surface area contributed by atoms with Gasteiger partial charge in [-0.3, -0.25) is 0 Å². The van der Waals surface area contributed by atoms with Crippen LogP contribution in [0.3, 0.4) is 0 Å². The van der Waals surface area contributed by atoms with Gasteiger partial charge in [-0.1, -0.05) is 23.4 Å². The molecule has 0 spiro atoms. The summed E-state index contributed by atoms with van der Waals surface area (Å²) >= 11 is 0. The topological polar surface area (TPSA) is 90.4 Å². The normalized spacial score (nSPS) is 10.5. The van der Waals surface area contributed by atoms with E-state index in [1.165, 1.54) is 23.3 Å². The van der Waals surface area contributed by atoms with Crippen LogP contribution in [0.4, 0.5) is 0 Å². The molecule has 7 nitrogen and oxygen atoms in total. The van der Waals surface area contributed by atoms with Gasteiger partial charge in [-0.2, -0.15) is 5.10 Å². The van der Waals surface area contributed by atoms with Crippen molar-refractivity contribution in [3.63, 3.8) is 0 Å². The van der Waals surface area contributed by atoms with Gasteiger partial charge in [0.25, 0.3) is 0 Å². The highest BCUT2D eigenvalue weighted by atomic mass is 16.5. The van der Waals surface area contributed by atoms with Crippen LogP contribution in [0.2, 0.25) is 0 Å². The molecule has 0 aliphatic heterocycles. The Morgan fingerprint density at radius 3 is 2.76 bits per heavy atom. The Labute approximate surface area is 119 Å². The van der Waals surface area contributed by atoms with Crippen molar-refractivity contribution in [1.82, 2.24) is 14.9 Å². The minimum absolute atomic E-state index is 0.00435. The van der Waals surface area contributed by atoms with Gasteiger partial charge in [0.15, 0.2) is 0 Å². The van der Waals surface area contributed by atoms with Gasteiger partial charge in [-0.15, -0.1) is 0 Å². The second-order valence-corrected chi connectivity index (χ2v) is 4.24. The van der Waals surface area contributed by atoms with Crippen LogP contribution in [0, 0.1) is 0 Å². The van der Waals surface area contributed by atoms with Crippen LogP contribution in [-0.2, 0) is 6.61 Å². The zero-order chi connectivity index (χ0) is 14.7. The third-order valence-electron chi connectivity index (χ3n) is 2.82. The zero-order valence-corrected chi connectivity index (χ0v) is 10.8. The summed E-state index contributed by atoms with van der Waals surface area (Å²) in [5.41, 5.74) is 1.41.